The first-order valence-corrected chi connectivity index (χ1v) is 9.36. The molecule has 3 rings (SSSR count). The number of hydrogen-bond donors (Lipinski definition) is 2. The van der Waals surface area contributed by atoms with Gasteiger partial charge in [-0.05, 0) is 35.7 Å². The molecule has 0 saturated carbocycles. The molecule has 7 nitrogen and oxygen atoms in total. The summed E-state index contributed by atoms with van der Waals surface area (Å²) in [6.45, 7) is 5.31. The van der Waals surface area contributed by atoms with Crippen LogP contribution in [0.1, 0.15) is 22.8 Å². The van der Waals surface area contributed by atoms with E-state index in [4.69, 9.17) is 0 Å². The van der Waals surface area contributed by atoms with Gasteiger partial charge in [-0.15, -0.1) is 0 Å². The van der Waals surface area contributed by atoms with E-state index in [9.17, 15) is 27.6 Å². The maximum Gasteiger partial charge on any atom is 0.491 e. The third-order valence-electron chi connectivity index (χ3n) is 4.78. The first-order valence-electron chi connectivity index (χ1n) is 9.36. The van der Waals surface area contributed by atoms with Crippen molar-refractivity contribution in [2.45, 2.75) is 19.5 Å². The smallest absolute Gasteiger partial charge is 0.382 e. The summed E-state index contributed by atoms with van der Waals surface area (Å²) in [5.41, 5.74) is 1.10. The van der Waals surface area contributed by atoms with Crippen LogP contribution in [-0.2, 0) is 16.0 Å². The molecule has 0 aliphatic carbocycles. The molecule has 30 heavy (non-hydrogen) atoms. The highest BCUT2D eigenvalue weighted by Crippen LogP contribution is 2.25. The van der Waals surface area contributed by atoms with Crippen LogP contribution in [0.5, 0.6) is 0 Å². The van der Waals surface area contributed by atoms with Crippen molar-refractivity contribution in [1.29, 1.82) is 0 Å². The first kappa shape index (κ1) is 21.6. The van der Waals surface area contributed by atoms with E-state index in [0.717, 1.165) is 37.9 Å². The average Bonchev–Trinajstić information content (AvgIpc) is 2.73. The lowest BCUT2D eigenvalue weighted by Gasteiger charge is -2.29. The Morgan fingerprint density at radius 1 is 1.13 bits per heavy atom. The van der Waals surface area contributed by atoms with Gasteiger partial charge >= 0.3 is 18.1 Å². The standard InChI is InChI=1S/C20H20F3N3O4/c1-2-12-11-15(18(28)30-19(29)20(21,22)23)17(27)25-16(12)13-3-5-14(6-4-13)26-9-7-24-8-10-26/h3-6,11,24H,2,7-10H2,1H3,(H,25,27). The molecular formula is C20H20F3N3O4. The second kappa shape index (κ2) is 8.70. The number of nitrogens with zero attached hydrogens (tertiary/aromatic N) is 1. The molecule has 0 spiro atoms. The molecule has 2 heterocycles. The predicted molar refractivity (Wildman–Crippen MR) is 103 cm³/mol. The SMILES string of the molecule is CCc1cc(C(=O)OC(=O)C(F)(F)F)c(=O)[nH]c1-c1ccc(N2CCNCC2)cc1. The summed E-state index contributed by atoms with van der Waals surface area (Å²) in [6.07, 6.45) is -4.94. The van der Waals surface area contributed by atoms with E-state index in [1.807, 2.05) is 24.3 Å². The Morgan fingerprint density at radius 3 is 2.33 bits per heavy atom. The van der Waals surface area contributed by atoms with Gasteiger partial charge in [0, 0.05) is 31.9 Å². The zero-order valence-electron chi connectivity index (χ0n) is 16.1. The van der Waals surface area contributed by atoms with Gasteiger partial charge < -0.3 is 19.9 Å². The second-order valence-electron chi connectivity index (χ2n) is 6.72. The van der Waals surface area contributed by atoms with Crippen LogP contribution < -0.4 is 15.8 Å². The van der Waals surface area contributed by atoms with Crippen molar-refractivity contribution in [3.05, 3.63) is 51.8 Å². The fraction of sp³-hybridized carbons (Fsp3) is 0.350. The normalized spacial score (nSPS) is 14.5. The Bertz CT molecular complexity index is 994. The van der Waals surface area contributed by atoms with Gasteiger partial charge in [-0.3, -0.25) is 4.79 Å². The number of rotatable bonds is 4. The number of pyridine rings is 1. The molecule has 0 unspecified atom stereocenters. The quantitative estimate of drug-likeness (QED) is 0.579. The van der Waals surface area contributed by atoms with Crippen molar-refractivity contribution in [2.24, 2.45) is 0 Å². The van der Waals surface area contributed by atoms with E-state index in [1.54, 1.807) is 6.92 Å². The molecule has 1 aromatic heterocycles. The molecule has 0 atom stereocenters. The number of aromatic amines is 1. The number of benzene rings is 1. The van der Waals surface area contributed by atoms with Crippen LogP contribution in [0, 0.1) is 0 Å². The minimum atomic E-state index is -5.33. The molecule has 0 radical (unpaired) electrons. The van der Waals surface area contributed by atoms with Crippen molar-refractivity contribution in [2.75, 3.05) is 31.1 Å². The number of H-pyrrole nitrogens is 1. The Morgan fingerprint density at radius 2 is 1.77 bits per heavy atom. The van der Waals surface area contributed by atoms with Gasteiger partial charge in [-0.25, -0.2) is 9.59 Å². The van der Waals surface area contributed by atoms with Crippen LogP contribution in [0.15, 0.2) is 35.1 Å². The van der Waals surface area contributed by atoms with E-state index in [0.29, 0.717) is 23.2 Å². The number of piperazine rings is 1. The van der Waals surface area contributed by atoms with Gasteiger partial charge in [0.25, 0.3) is 5.56 Å². The third kappa shape index (κ3) is 4.70. The molecule has 0 bridgehead atoms. The molecule has 2 aromatic rings. The number of carbonyl (C=O) groups is 2. The first-order chi connectivity index (χ1) is 14.2. The summed E-state index contributed by atoms with van der Waals surface area (Å²) in [7, 11) is 0. The van der Waals surface area contributed by atoms with Gasteiger partial charge in [-0.2, -0.15) is 13.2 Å². The highest BCUT2D eigenvalue weighted by Gasteiger charge is 2.43. The third-order valence-corrected chi connectivity index (χ3v) is 4.78. The van der Waals surface area contributed by atoms with Crippen molar-refractivity contribution in [3.63, 3.8) is 0 Å². The zero-order chi connectivity index (χ0) is 21.9. The second-order valence-corrected chi connectivity index (χ2v) is 6.72. The number of alkyl halides is 3. The highest BCUT2D eigenvalue weighted by atomic mass is 19.4. The monoisotopic (exact) mass is 423 g/mol. The number of ether oxygens (including phenoxy) is 1. The molecule has 10 heteroatoms. The summed E-state index contributed by atoms with van der Waals surface area (Å²) < 4.78 is 40.7. The number of anilines is 1. The number of halogens is 3. The predicted octanol–water partition coefficient (Wildman–Crippen LogP) is 2.26. The lowest BCUT2D eigenvalue weighted by atomic mass is 10.0. The Kier molecular flexibility index (Phi) is 6.25. The van der Waals surface area contributed by atoms with E-state index in [1.165, 1.54) is 0 Å². The molecule has 1 fully saturated rings. The minimum absolute atomic E-state index is 0.388. The number of esters is 2. The van der Waals surface area contributed by atoms with Gasteiger partial charge in [0.15, 0.2) is 0 Å². The van der Waals surface area contributed by atoms with E-state index in [-0.39, 0.29) is 0 Å². The number of hydrogen-bond acceptors (Lipinski definition) is 6. The summed E-state index contributed by atoms with van der Waals surface area (Å²) in [5.74, 6) is -4.31. The van der Waals surface area contributed by atoms with Crippen LogP contribution in [0.4, 0.5) is 18.9 Å². The largest absolute Gasteiger partial charge is 0.491 e. The highest BCUT2D eigenvalue weighted by molar-refractivity contribution is 5.98. The fourth-order valence-corrected chi connectivity index (χ4v) is 3.22. The van der Waals surface area contributed by atoms with E-state index in [2.05, 4.69) is 19.9 Å². The van der Waals surface area contributed by atoms with E-state index < -0.39 is 29.2 Å². The lowest BCUT2D eigenvalue weighted by molar-refractivity contribution is -0.193. The zero-order valence-corrected chi connectivity index (χ0v) is 16.1. The van der Waals surface area contributed by atoms with Crippen molar-refractivity contribution in [1.82, 2.24) is 10.3 Å². The molecule has 160 valence electrons. The van der Waals surface area contributed by atoms with Crippen LogP contribution in [0.25, 0.3) is 11.3 Å². The molecule has 1 saturated heterocycles. The number of nitrogens with one attached hydrogen (secondary N) is 2. The van der Waals surface area contributed by atoms with Gasteiger partial charge in [-0.1, -0.05) is 19.1 Å². The Balaban J connectivity index is 1.87. The summed E-state index contributed by atoms with van der Waals surface area (Å²) >= 11 is 0. The molecule has 0 amide bonds. The van der Waals surface area contributed by atoms with Gasteiger partial charge in [0.05, 0.1) is 5.69 Å². The molecule has 1 aliphatic rings. The molecule has 2 N–H and O–H groups in total. The number of aromatic nitrogens is 1. The van der Waals surface area contributed by atoms with Crippen LogP contribution in [0.2, 0.25) is 0 Å². The average molecular weight is 423 g/mol. The summed E-state index contributed by atoms with van der Waals surface area (Å²) in [4.78, 5) is 39.8. The van der Waals surface area contributed by atoms with E-state index >= 15 is 0 Å². The van der Waals surface area contributed by atoms with Gasteiger partial charge in [0.2, 0.25) is 0 Å². The Labute approximate surface area is 169 Å². The van der Waals surface area contributed by atoms with Crippen molar-refractivity contribution < 1.29 is 27.5 Å². The fourth-order valence-electron chi connectivity index (χ4n) is 3.22. The minimum Gasteiger partial charge on any atom is -0.382 e. The van der Waals surface area contributed by atoms with Crippen LogP contribution >= 0.6 is 0 Å². The van der Waals surface area contributed by atoms with Crippen LogP contribution in [0.3, 0.4) is 0 Å². The summed E-state index contributed by atoms with van der Waals surface area (Å²) in [5, 5.41) is 3.27. The topological polar surface area (TPSA) is 91.5 Å². The van der Waals surface area contributed by atoms with Crippen LogP contribution in [-0.4, -0.2) is 49.3 Å². The van der Waals surface area contributed by atoms with Gasteiger partial charge in [0.1, 0.15) is 5.56 Å². The number of aryl methyl sites for hydroxylation is 1. The molecule has 1 aromatic carbocycles. The maximum atomic E-state index is 12.3. The molecular weight excluding hydrogens is 403 g/mol. The Hall–Kier alpha value is -3.14. The summed E-state index contributed by atoms with van der Waals surface area (Å²) in [6, 6.07) is 8.65. The lowest BCUT2D eigenvalue weighted by Crippen LogP contribution is -2.43. The molecule has 1 aliphatic heterocycles. The maximum absolute atomic E-state index is 12.3. The van der Waals surface area contributed by atoms with Crippen molar-refractivity contribution in [3.8, 4) is 11.3 Å². The number of carbonyl (C=O) groups excluding carboxylic acids is 2. The van der Waals surface area contributed by atoms with Crippen molar-refractivity contribution >= 4 is 17.6 Å².